The molecule has 0 aliphatic carbocycles. The van der Waals surface area contributed by atoms with Crippen molar-refractivity contribution in [1.82, 2.24) is 0 Å². The number of aromatic hydroxyl groups is 1. The van der Waals surface area contributed by atoms with E-state index in [1.165, 1.54) is 0 Å². The highest BCUT2D eigenvalue weighted by atomic mass is 79.9. The second-order valence-corrected chi connectivity index (χ2v) is 4.99. The molecular formula is C12H16BrNO3. The minimum absolute atomic E-state index is 0.0166. The zero-order chi connectivity index (χ0) is 12.4. The van der Waals surface area contributed by atoms with E-state index in [9.17, 15) is 5.11 Å². The maximum absolute atomic E-state index is 10.1. The first kappa shape index (κ1) is 12.5. The second kappa shape index (κ2) is 5.14. The molecule has 94 valence electrons. The molecule has 1 aliphatic rings. The maximum Gasteiger partial charge on any atom is 0.168 e. The minimum atomic E-state index is 0.0166. The molecule has 0 bridgehead atoms. The Morgan fingerprint density at radius 3 is 2.88 bits per heavy atom. The van der Waals surface area contributed by atoms with Gasteiger partial charge in [0, 0.05) is 24.0 Å². The van der Waals surface area contributed by atoms with Gasteiger partial charge in [-0.05, 0) is 22.5 Å². The van der Waals surface area contributed by atoms with Gasteiger partial charge in [0.05, 0.1) is 17.7 Å². The summed E-state index contributed by atoms with van der Waals surface area (Å²) in [5.41, 5.74) is 6.39. The first-order valence-corrected chi connectivity index (χ1v) is 6.45. The predicted octanol–water partition coefficient (Wildman–Crippen LogP) is 2.38. The molecule has 1 heterocycles. The fourth-order valence-corrected chi connectivity index (χ4v) is 2.29. The molecule has 1 atom stereocenters. The summed E-state index contributed by atoms with van der Waals surface area (Å²) in [7, 11) is 0. The monoisotopic (exact) mass is 301 g/mol. The van der Waals surface area contributed by atoms with Gasteiger partial charge < -0.3 is 20.3 Å². The van der Waals surface area contributed by atoms with Crippen LogP contribution in [0.15, 0.2) is 10.5 Å². The van der Waals surface area contributed by atoms with Gasteiger partial charge in [0.2, 0.25) is 0 Å². The third-order valence-electron chi connectivity index (χ3n) is 2.85. The molecule has 4 nitrogen and oxygen atoms in total. The van der Waals surface area contributed by atoms with E-state index in [1.54, 1.807) is 6.07 Å². The summed E-state index contributed by atoms with van der Waals surface area (Å²) in [6.07, 6.45) is 0.837. The molecule has 0 radical (unpaired) electrons. The van der Waals surface area contributed by atoms with Crippen molar-refractivity contribution in [2.45, 2.75) is 19.3 Å². The second-order valence-electron chi connectivity index (χ2n) is 4.14. The maximum atomic E-state index is 10.1. The van der Waals surface area contributed by atoms with Crippen LogP contribution < -0.4 is 15.2 Å². The molecule has 3 N–H and O–H groups in total. The Balaban J connectivity index is 2.57. The van der Waals surface area contributed by atoms with E-state index in [2.05, 4.69) is 15.9 Å². The van der Waals surface area contributed by atoms with Gasteiger partial charge in [-0.3, -0.25) is 0 Å². The highest BCUT2D eigenvalue weighted by Crippen LogP contribution is 2.46. The summed E-state index contributed by atoms with van der Waals surface area (Å²) >= 11 is 3.32. The number of rotatable bonds is 2. The van der Waals surface area contributed by atoms with E-state index in [0.717, 1.165) is 12.0 Å². The van der Waals surface area contributed by atoms with E-state index in [0.29, 0.717) is 35.7 Å². The number of benzene rings is 1. The molecule has 0 aromatic heterocycles. The molecule has 0 saturated carbocycles. The lowest BCUT2D eigenvalue weighted by molar-refractivity contribution is 0.295. The summed E-state index contributed by atoms with van der Waals surface area (Å²) < 4.78 is 11.9. The van der Waals surface area contributed by atoms with Gasteiger partial charge in [-0.15, -0.1) is 0 Å². The molecular weight excluding hydrogens is 286 g/mol. The number of fused-ring (bicyclic) bond motifs is 1. The summed E-state index contributed by atoms with van der Waals surface area (Å²) in [5.74, 6) is 1.50. The fraction of sp³-hybridized carbons (Fsp3) is 0.500. The van der Waals surface area contributed by atoms with Crippen LogP contribution in [0, 0.1) is 0 Å². The van der Waals surface area contributed by atoms with Crippen LogP contribution in [-0.4, -0.2) is 24.9 Å². The molecule has 5 heteroatoms. The Hall–Kier alpha value is -0.940. The third-order valence-corrected chi connectivity index (χ3v) is 3.45. The van der Waals surface area contributed by atoms with Gasteiger partial charge in [0.1, 0.15) is 5.75 Å². The van der Waals surface area contributed by atoms with Crippen molar-refractivity contribution in [3.05, 3.63) is 16.1 Å². The number of ether oxygens (including phenoxy) is 2. The normalized spacial score (nSPS) is 16.4. The summed E-state index contributed by atoms with van der Waals surface area (Å²) in [6.45, 7) is 3.62. The zero-order valence-electron chi connectivity index (χ0n) is 9.70. The number of phenols is 1. The van der Waals surface area contributed by atoms with E-state index < -0.39 is 0 Å². The van der Waals surface area contributed by atoms with Crippen LogP contribution in [0.2, 0.25) is 0 Å². The van der Waals surface area contributed by atoms with Gasteiger partial charge >= 0.3 is 0 Å². The van der Waals surface area contributed by atoms with Crippen LogP contribution in [-0.2, 0) is 0 Å². The van der Waals surface area contributed by atoms with E-state index in [4.69, 9.17) is 15.2 Å². The minimum Gasteiger partial charge on any atom is -0.506 e. The van der Waals surface area contributed by atoms with Crippen molar-refractivity contribution in [3.63, 3.8) is 0 Å². The Bertz CT molecular complexity index is 423. The third kappa shape index (κ3) is 2.35. The molecule has 0 fully saturated rings. The first-order chi connectivity index (χ1) is 8.15. The van der Waals surface area contributed by atoms with Crippen LogP contribution >= 0.6 is 15.9 Å². The number of nitrogens with two attached hydrogens (primary N) is 1. The average Bonchev–Trinajstić information content (AvgIpc) is 2.55. The van der Waals surface area contributed by atoms with Crippen molar-refractivity contribution in [3.8, 4) is 17.2 Å². The molecule has 1 aliphatic heterocycles. The Kier molecular flexibility index (Phi) is 3.79. The quantitative estimate of drug-likeness (QED) is 0.880. The van der Waals surface area contributed by atoms with Crippen molar-refractivity contribution < 1.29 is 14.6 Å². The Morgan fingerprint density at radius 2 is 2.18 bits per heavy atom. The lowest BCUT2D eigenvalue weighted by Gasteiger charge is -2.19. The van der Waals surface area contributed by atoms with Crippen LogP contribution in [0.25, 0.3) is 0 Å². The fourth-order valence-electron chi connectivity index (χ4n) is 1.86. The topological polar surface area (TPSA) is 64.7 Å². The van der Waals surface area contributed by atoms with E-state index in [1.807, 2.05) is 6.92 Å². The standard InChI is InChI=1S/C12H16BrNO3/c1-7(6-14)10-11(15)8(13)5-9-12(10)17-4-2-3-16-9/h5,7,15H,2-4,6,14H2,1H3. The number of hydrogen-bond acceptors (Lipinski definition) is 4. The lowest BCUT2D eigenvalue weighted by atomic mass is 9.98. The smallest absolute Gasteiger partial charge is 0.168 e. The van der Waals surface area contributed by atoms with Gasteiger partial charge in [-0.1, -0.05) is 6.92 Å². The molecule has 0 saturated heterocycles. The molecule has 1 unspecified atom stereocenters. The molecule has 2 rings (SSSR count). The van der Waals surface area contributed by atoms with Crippen LogP contribution in [0.1, 0.15) is 24.8 Å². The van der Waals surface area contributed by atoms with Gasteiger partial charge in [-0.25, -0.2) is 0 Å². The average molecular weight is 302 g/mol. The largest absolute Gasteiger partial charge is 0.506 e. The Labute approximate surface area is 109 Å². The molecule has 1 aromatic carbocycles. The van der Waals surface area contributed by atoms with Gasteiger partial charge in [-0.2, -0.15) is 0 Å². The predicted molar refractivity (Wildman–Crippen MR) is 68.9 cm³/mol. The van der Waals surface area contributed by atoms with Crippen molar-refractivity contribution in [2.24, 2.45) is 5.73 Å². The van der Waals surface area contributed by atoms with Crippen molar-refractivity contribution in [2.75, 3.05) is 19.8 Å². The zero-order valence-corrected chi connectivity index (χ0v) is 11.3. The van der Waals surface area contributed by atoms with Crippen LogP contribution in [0.5, 0.6) is 17.2 Å². The summed E-state index contributed by atoms with van der Waals surface area (Å²) in [4.78, 5) is 0. The lowest BCUT2D eigenvalue weighted by Crippen LogP contribution is -2.11. The number of phenolic OH excluding ortho intramolecular Hbond substituents is 1. The highest BCUT2D eigenvalue weighted by Gasteiger charge is 2.24. The SMILES string of the molecule is CC(CN)c1c(O)c(Br)cc2c1OCCCO2. The molecule has 0 amide bonds. The number of hydrogen-bond donors (Lipinski definition) is 2. The van der Waals surface area contributed by atoms with E-state index in [-0.39, 0.29) is 11.7 Å². The first-order valence-electron chi connectivity index (χ1n) is 5.66. The Morgan fingerprint density at radius 1 is 1.47 bits per heavy atom. The van der Waals surface area contributed by atoms with Crippen molar-refractivity contribution >= 4 is 15.9 Å². The van der Waals surface area contributed by atoms with Crippen LogP contribution in [0.4, 0.5) is 0 Å². The van der Waals surface area contributed by atoms with E-state index >= 15 is 0 Å². The van der Waals surface area contributed by atoms with Crippen molar-refractivity contribution in [1.29, 1.82) is 0 Å². The number of halogens is 1. The summed E-state index contributed by atoms with van der Waals surface area (Å²) in [5, 5.41) is 10.1. The van der Waals surface area contributed by atoms with Gasteiger partial charge in [0.15, 0.2) is 11.5 Å². The summed E-state index contributed by atoms with van der Waals surface area (Å²) in [6, 6.07) is 1.74. The molecule has 0 spiro atoms. The molecule has 17 heavy (non-hydrogen) atoms. The molecule has 1 aromatic rings. The van der Waals surface area contributed by atoms with Gasteiger partial charge in [0.25, 0.3) is 0 Å². The van der Waals surface area contributed by atoms with Crippen LogP contribution in [0.3, 0.4) is 0 Å². The highest BCUT2D eigenvalue weighted by molar-refractivity contribution is 9.10.